The summed E-state index contributed by atoms with van der Waals surface area (Å²) in [6.45, 7) is 2.23. The maximum Gasteiger partial charge on any atom is 0.274 e. The van der Waals surface area contributed by atoms with E-state index in [-0.39, 0.29) is 12.3 Å². The summed E-state index contributed by atoms with van der Waals surface area (Å²) in [5, 5.41) is 24.2. The molecule has 3 N–H and O–H groups in total. The van der Waals surface area contributed by atoms with Crippen molar-refractivity contribution in [2.45, 2.75) is 13.0 Å². The summed E-state index contributed by atoms with van der Waals surface area (Å²) in [5.74, 6) is 0.771. The Balaban J connectivity index is 1.48. The average Bonchev–Trinajstić information content (AvgIpc) is 3.42. The Morgan fingerprint density at radius 3 is 2.83 bits per heavy atom. The SMILES string of the molecule is CCOc1ccc(C(CO)NC(=O)c2cc(-c3ccc4[nH]ncc4c3)on2)cc1. The van der Waals surface area contributed by atoms with Crippen molar-refractivity contribution in [1.29, 1.82) is 0 Å². The van der Waals surface area contributed by atoms with Crippen molar-refractivity contribution in [2.75, 3.05) is 13.2 Å². The molecular formula is C21H20N4O4. The van der Waals surface area contributed by atoms with Crippen LogP contribution in [0.25, 0.3) is 22.2 Å². The molecule has 1 unspecified atom stereocenters. The predicted octanol–water partition coefficient (Wildman–Crippen LogP) is 3.08. The van der Waals surface area contributed by atoms with E-state index in [0.29, 0.717) is 12.4 Å². The summed E-state index contributed by atoms with van der Waals surface area (Å²) in [6, 6.07) is 13.9. The van der Waals surface area contributed by atoms with Crippen LogP contribution in [0.1, 0.15) is 29.0 Å². The second-order valence-electron chi connectivity index (χ2n) is 6.46. The summed E-state index contributed by atoms with van der Waals surface area (Å²) in [7, 11) is 0. The van der Waals surface area contributed by atoms with Gasteiger partial charge in [0.1, 0.15) is 5.75 Å². The molecule has 0 saturated heterocycles. The summed E-state index contributed by atoms with van der Waals surface area (Å²) < 4.78 is 10.8. The van der Waals surface area contributed by atoms with Crippen molar-refractivity contribution in [3.05, 3.63) is 66.0 Å². The molecule has 4 aromatic rings. The highest BCUT2D eigenvalue weighted by atomic mass is 16.5. The minimum atomic E-state index is -0.569. The number of hydrogen-bond donors (Lipinski definition) is 3. The molecule has 0 spiro atoms. The normalized spacial score (nSPS) is 12.1. The number of aliphatic hydroxyl groups excluding tert-OH is 1. The third-order valence-corrected chi connectivity index (χ3v) is 4.55. The van der Waals surface area contributed by atoms with Crippen LogP contribution in [0.15, 0.2) is 59.3 Å². The lowest BCUT2D eigenvalue weighted by molar-refractivity contribution is 0.0907. The van der Waals surface area contributed by atoms with Gasteiger partial charge in [-0.2, -0.15) is 5.10 Å². The lowest BCUT2D eigenvalue weighted by atomic mass is 10.1. The van der Waals surface area contributed by atoms with Crippen LogP contribution < -0.4 is 10.1 Å². The van der Waals surface area contributed by atoms with Crippen LogP contribution in [0, 0.1) is 0 Å². The first kappa shape index (κ1) is 18.7. The van der Waals surface area contributed by atoms with Crippen molar-refractivity contribution in [3.8, 4) is 17.1 Å². The molecule has 4 rings (SSSR count). The van der Waals surface area contributed by atoms with Crippen LogP contribution in [-0.4, -0.2) is 39.6 Å². The van der Waals surface area contributed by atoms with Gasteiger partial charge in [-0.1, -0.05) is 17.3 Å². The number of rotatable bonds is 7. The maximum atomic E-state index is 12.6. The van der Waals surface area contributed by atoms with Gasteiger partial charge in [-0.15, -0.1) is 0 Å². The van der Waals surface area contributed by atoms with E-state index in [1.807, 2.05) is 25.1 Å². The van der Waals surface area contributed by atoms with Crippen LogP contribution in [0.3, 0.4) is 0 Å². The third kappa shape index (κ3) is 3.97. The van der Waals surface area contributed by atoms with E-state index in [9.17, 15) is 9.90 Å². The van der Waals surface area contributed by atoms with Crippen molar-refractivity contribution in [1.82, 2.24) is 20.7 Å². The van der Waals surface area contributed by atoms with Crippen LogP contribution in [0.5, 0.6) is 5.75 Å². The number of aromatic amines is 1. The third-order valence-electron chi connectivity index (χ3n) is 4.55. The van der Waals surface area contributed by atoms with Gasteiger partial charge in [-0.25, -0.2) is 0 Å². The molecule has 29 heavy (non-hydrogen) atoms. The highest BCUT2D eigenvalue weighted by Gasteiger charge is 2.19. The highest BCUT2D eigenvalue weighted by Crippen LogP contribution is 2.24. The zero-order valence-corrected chi connectivity index (χ0v) is 15.8. The number of carbonyl (C=O) groups is 1. The standard InChI is InChI=1S/C21H20N4O4/c1-2-28-16-6-3-13(4-7-16)19(12-26)23-21(27)18-10-20(29-25-18)14-5-8-17-15(9-14)11-22-24-17/h3-11,19,26H,2,12H2,1H3,(H,22,24)(H,23,27). The van der Waals surface area contributed by atoms with Gasteiger partial charge in [-0.3, -0.25) is 9.89 Å². The Morgan fingerprint density at radius 2 is 2.07 bits per heavy atom. The quantitative estimate of drug-likeness (QED) is 0.445. The van der Waals surface area contributed by atoms with Gasteiger partial charge < -0.3 is 19.7 Å². The Bertz CT molecular complexity index is 1120. The van der Waals surface area contributed by atoms with E-state index >= 15 is 0 Å². The molecule has 1 amide bonds. The van der Waals surface area contributed by atoms with Gasteiger partial charge in [-0.05, 0) is 42.8 Å². The number of nitrogens with zero attached hydrogens (tertiary/aromatic N) is 2. The van der Waals surface area contributed by atoms with Crippen molar-refractivity contribution >= 4 is 16.8 Å². The Labute approximate surface area is 166 Å². The summed E-state index contributed by atoms with van der Waals surface area (Å²) in [4.78, 5) is 12.6. The molecule has 1 atom stereocenters. The lowest BCUT2D eigenvalue weighted by Gasteiger charge is -2.16. The molecule has 148 valence electrons. The number of carbonyl (C=O) groups excluding carboxylic acids is 1. The molecule has 8 nitrogen and oxygen atoms in total. The topological polar surface area (TPSA) is 113 Å². The molecule has 0 aliphatic heterocycles. The number of aliphatic hydroxyl groups is 1. The Hall–Kier alpha value is -3.65. The number of nitrogens with one attached hydrogen (secondary N) is 2. The number of benzene rings is 2. The van der Waals surface area contributed by atoms with Gasteiger partial charge >= 0.3 is 0 Å². The van der Waals surface area contributed by atoms with Gasteiger partial charge in [0.05, 0.1) is 31.0 Å². The first-order valence-electron chi connectivity index (χ1n) is 9.22. The fourth-order valence-corrected chi connectivity index (χ4v) is 3.04. The molecule has 0 aliphatic carbocycles. The molecule has 0 fully saturated rings. The summed E-state index contributed by atoms with van der Waals surface area (Å²) >= 11 is 0. The Kier molecular flexibility index (Phi) is 5.26. The van der Waals surface area contributed by atoms with Gasteiger partial charge in [0.25, 0.3) is 5.91 Å². The molecule has 2 aromatic heterocycles. The second-order valence-corrected chi connectivity index (χ2v) is 6.46. The van der Waals surface area contributed by atoms with Crippen molar-refractivity contribution in [2.24, 2.45) is 0 Å². The molecule has 0 saturated carbocycles. The van der Waals surface area contributed by atoms with E-state index in [1.54, 1.807) is 36.5 Å². The average molecular weight is 392 g/mol. The molecule has 8 heteroatoms. The fourth-order valence-electron chi connectivity index (χ4n) is 3.04. The monoisotopic (exact) mass is 392 g/mol. The van der Waals surface area contributed by atoms with Gasteiger partial charge in [0.15, 0.2) is 11.5 Å². The first-order chi connectivity index (χ1) is 14.2. The van der Waals surface area contributed by atoms with Crippen molar-refractivity contribution in [3.63, 3.8) is 0 Å². The zero-order chi connectivity index (χ0) is 20.2. The largest absolute Gasteiger partial charge is 0.494 e. The highest BCUT2D eigenvalue weighted by molar-refractivity contribution is 5.93. The smallest absolute Gasteiger partial charge is 0.274 e. The van der Waals surface area contributed by atoms with Crippen LogP contribution in [0.4, 0.5) is 0 Å². The second kappa shape index (κ2) is 8.15. The zero-order valence-electron chi connectivity index (χ0n) is 15.8. The van der Waals surface area contributed by atoms with Crippen LogP contribution in [0.2, 0.25) is 0 Å². The lowest BCUT2D eigenvalue weighted by Crippen LogP contribution is -2.31. The Morgan fingerprint density at radius 1 is 1.24 bits per heavy atom. The molecule has 0 bridgehead atoms. The van der Waals surface area contributed by atoms with E-state index in [0.717, 1.165) is 27.8 Å². The first-order valence-corrected chi connectivity index (χ1v) is 9.22. The van der Waals surface area contributed by atoms with Crippen molar-refractivity contribution < 1.29 is 19.2 Å². The summed E-state index contributed by atoms with van der Waals surface area (Å²) in [5.41, 5.74) is 2.60. The molecule has 0 aliphatic rings. The van der Waals surface area contributed by atoms with Crippen LogP contribution >= 0.6 is 0 Å². The van der Waals surface area contributed by atoms with E-state index in [1.165, 1.54) is 0 Å². The fraction of sp³-hybridized carbons (Fsp3) is 0.190. The van der Waals surface area contributed by atoms with Gasteiger partial charge in [0.2, 0.25) is 0 Å². The van der Waals surface area contributed by atoms with E-state index < -0.39 is 11.9 Å². The van der Waals surface area contributed by atoms with E-state index in [2.05, 4.69) is 20.7 Å². The number of amides is 1. The summed E-state index contributed by atoms with van der Waals surface area (Å²) in [6.07, 6.45) is 1.71. The molecule has 2 heterocycles. The number of ether oxygens (including phenoxy) is 1. The molecule has 0 radical (unpaired) electrons. The number of hydrogen-bond acceptors (Lipinski definition) is 6. The minimum absolute atomic E-state index is 0.136. The number of fused-ring (bicyclic) bond motifs is 1. The maximum absolute atomic E-state index is 12.6. The predicted molar refractivity (Wildman–Crippen MR) is 106 cm³/mol. The van der Waals surface area contributed by atoms with Crippen LogP contribution in [-0.2, 0) is 0 Å². The number of aromatic nitrogens is 3. The van der Waals surface area contributed by atoms with Gasteiger partial charge in [0, 0.05) is 17.0 Å². The molecule has 2 aromatic carbocycles. The molecular weight excluding hydrogens is 372 g/mol. The van der Waals surface area contributed by atoms with E-state index in [4.69, 9.17) is 9.26 Å². The number of H-pyrrole nitrogens is 1. The minimum Gasteiger partial charge on any atom is -0.494 e.